The van der Waals surface area contributed by atoms with E-state index in [1.54, 1.807) is 41.5 Å². The summed E-state index contributed by atoms with van der Waals surface area (Å²) in [5.41, 5.74) is -3.42. The summed E-state index contributed by atoms with van der Waals surface area (Å²) in [6, 6.07) is -1.47. The van der Waals surface area contributed by atoms with E-state index < -0.39 is 58.8 Å². The Bertz CT molecular complexity index is 955. The molecule has 0 bridgehead atoms. The number of carbonyl (C=O) groups excluding carboxylic acids is 3. The normalized spacial score (nSPS) is 27.7. The highest BCUT2D eigenvalue weighted by molar-refractivity contribution is 5.88. The smallest absolute Gasteiger partial charge is 0.413 e. The molecule has 222 valence electrons. The highest BCUT2D eigenvalue weighted by Gasteiger charge is 2.65. The third-order valence-electron chi connectivity index (χ3n) is 7.61. The van der Waals surface area contributed by atoms with Crippen LogP contribution in [-0.4, -0.2) is 87.4 Å². The zero-order chi connectivity index (χ0) is 29.4. The summed E-state index contributed by atoms with van der Waals surface area (Å²) in [7, 11) is 1.23. The van der Waals surface area contributed by atoms with Crippen LogP contribution in [0, 0.1) is 0 Å². The van der Waals surface area contributed by atoms with Crippen LogP contribution in [0.1, 0.15) is 100 Å². The summed E-state index contributed by atoms with van der Waals surface area (Å²) in [6.45, 7) is 14.4. The van der Waals surface area contributed by atoms with Crippen molar-refractivity contribution in [1.82, 2.24) is 9.80 Å². The predicted molar refractivity (Wildman–Crippen MR) is 145 cm³/mol. The maximum absolute atomic E-state index is 13.7. The Morgan fingerprint density at radius 2 is 1.46 bits per heavy atom. The predicted octanol–water partition coefficient (Wildman–Crippen LogP) is 4.92. The van der Waals surface area contributed by atoms with Crippen LogP contribution in [0.5, 0.6) is 0 Å². The standard InChI is InChI=1S/C29H48N2O8/c1-19(2)17-20-13-16-29(23(33)36-9,30(20)24(34)38-26(3,4)5)22(32)21-18-37-28(14-11-10-12-15-28)31(21)25(35)39-27(6,7)8/h17,20-22,32H,10-16,18H2,1-9H3/t20-,21+,22+,29-/m1/s1. The number of amides is 2. The van der Waals surface area contributed by atoms with Crippen LogP contribution in [0.25, 0.3) is 0 Å². The Hall–Kier alpha value is -2.33. The maximum atomic E-state index is 13.7. The number of allylic oxidation sites excluding steroid dienone is 1. The van der Waals surface area contributed by atoms with Crippen molar-refractivity contribution in [2.75, 3.05) is 13.7 Å². The summed E-state index contributed by atoms with van der Waals surface area (Å²) in [4.78, 5) is 43.9. The van der Waals surface area contributed by atoms with Crippen LogP contribution in [0.3, 0.4) is 0 Å². The van der Waals surface area contributed by atoms with Gasteiger partial charge in [-0.05, 0) is 93.9 Å². The van der Waals surface area contributed by atoms with E-state index >= 15 is 0 Å². The van der Waals surface area contributed by atoms with Crippen molar-refractivity contribution in [1.29, 1.82) is 0 Å². The number of hydrogen-bond acceptors (Lipinski definition) is 8. The number of esters is 1. The lowest BCUT2D eigenvalue weighted by Crippen LogP contribution is -2.69. The fourth-order valence-electron chi connectivity index (χ4n) is 6.19. The minimum Gasteiger partial charge on any atom is -0.467 e. The quantitative estimate of drug-likeness (QED) is 0.297. The molecule has 10 nitrogen and oxygen atoms in total. The second kappa shape index (κ2) is 11.3. The molecule has 10 heteroatoms. The number of rotatable bonds is 4. The highest BCUT2D eigenvalue weighted by Crippen LogP contribution is 2.47. The van der Waals surface area contributed by atoms with Gasteiger partial charge in [-0.15, -0.1) is 0 Å². The molecule has 2 aliphatic heterocycles. The largest absolute Gasteiger partial charge is 0.467 e. The highest BCUT2D eigenvalue weighted by atomic mass is 16.6. The summed E-state index contributed by atoms with van der Waals surface area (Å²) < 4.78 is 23.1. The molecule has 0 aromatic rings. The fourth-order valence-corrected chi connectivity index (χ4v) is 6.19. The first-order valence-corrected chi connectivity index (χ1v) is 14.1. The Kier molecular flexibility index (Phi) is 9.02. The van der Waals surface area contributed by atoms with Gasteiger partial charge in [0.2, 0.25) is 0 Å². The first kappa shape index (κ1) is 31.2. The first-order chi connectivity index (χ1) is 18.0. The van der Waals surface area contributed by atoms with E-state index in [4.69, 9.17) is 18.9 Å². The monoisotopic (exact) mass is 552 g/mol. The van der Waals surface area contributed by atoms with Gasteiger partial charge in [-0.3, -0.25) is 9.80 Å². The number of nitrogens with zero attached hydrogens (tertiary/aromatic N) is 2. The molecule has 0 unspecified atom stereocenters. The lowest BCUT2D eigenvalue weighted by molar-refractivity contribution is -0.166. The summed E-state index contributed by atoms with van der Waals surface area (Å²) in [6.07, 6.45) is 3.46. The van der Waals surface area contributed by atoms with Crippen molar-refractivity contribution in [3.63, 3.8) is 0 Å². The van der Waals surface area contributed by atoms with Gasteiger partial charge in [0.25, 0.3) is 0 Å². The summed E-state index contributed by atoms with van der Waals surface area (Å²) >= 11 is 0. The van der Waals surface area contributed by atoms with Gasteiger partial charge in [0.05, 0.1) is 25.8 Å². The van der Waals surface area contributed by atoms with Gasteiger partial charge in [-0.25, -0.2) is 14.4 Å². The van der Waals surface area contributed by atoms with Crippen molar-refractivity contribution in [2.24, 2.45) is 0 Å². The molecule has 3 aliphatic rings. The molecule has 2 saturated heterocycles. The molecule has 1 N–H and O–H groups in total. The van der Waals surface area contributed by atoms with Gasteiger partial charge in [0, 0.05) is 0 Å². The zero-order valence-electron chi connectivity index (χ0n) is 25.2. The van der Waals surface area contributed by atoms with Gasteiger partial charge in [-0.2, -0.15) is 0 Å². The lowest BCUT2D eigenvalue weighted by Gasteiger charge is -2.47. The second-order valence-corrected chi connectivity index (χ2v) is 13.3. The topological polar surface area (TPSA) is 115 Å². The number of likely N-dealkylation sites (tertiary alicyclic amines) is 1. The number of aliphatic hydroxyl groups is 1. The van der Waals surface area contributed by atoms with Crippen LogP contribution in [-0.2, 0) is 23.7 Å². The Balaban J connectivity index is 2.13. The van der Waals surface area contributed by atoms with Crippen molar-refractivity contribution >= 4 is 18.2 Å². The van der Waals surface area contributed by atoms with Crippen molar-refractivity contribution in [3.8, 4) is 0 Å². The molecule has 0 aromatic heterocycles. The molecular weight excluding hydrogens is 504 g/mol. The van der Waals surface area contributed by atoms with E-state index in [2.05, 4.69) is 0 Å². The van der Waals surface area contributed by atoms with Gasteiger partial charge in [0.1, 0.15) is 23.0 Å². The van der Waals surface area contributed by atoms with Gasteiger partial charge in [0.15, 0.2) is 5.54 Å². The number of hydrogen-bond donors (Lipinski definition) is 1. The van der Waals surface area contributed by atoms with E-state index in [1.165, 1.54) is 16.9 Å². The van der Waals surface area contributed by atoms with E-state index in [1.807, 2.05) is 19.9 Å². The Morgan fingerprint density at radius 1 is 0.923 bits per heavy atom. The van der Waals surface area contributed by atoms with Crippen molar-refractivity contribution in [3.05, 3.63) is 11.6 Å². The average Bonchev–Trinajstić information content (AvgIpc) is 3.35. The van der Waals surface area contributed by atoms with Gasteiger partial charge < -0.3 is 24.1 Å². The van der Waals surface area contributed by atoms with Crippen LogP contribution < -0.4 is 0 Å². The maximum Gasteiger partial charge on any atom is 0.413 e. The van der Waals surface area contributed by atoms with E-state index in [0.717, 1.165) is 24.8 Å². The molecule has 3 fully saturated rings. The molecule has 1 spiro atoms. The Morgan fingerprint density at radius 3 is 1.95 bits per heavy atom. The number of carbonyl (C=O) groups is 3. The molecule has 2 amide bonds. The van der Waals surface area contributed by atoms with Crippen molar-refractivity contribution in [2.45, 2.75) is 141 Å². The van der Waals surface area contributed by atoms with Crippen molar-refractivity contribution < 1.29 is 38.4 Å². The SMILES string of the molecule is COC(=O)[C@]1([C@@H](O)[C@@H]2COC3(CCCCC3)N2C(=O)OC(C)(C)C)CC[C@H](C=C(C)C)N1C(=O)OC(C)(C)C. The summed E-state index contributed by atoms with van der Waals surface area (Å²) in [5.74, 6) is -0.765. The average molecular weight is 553 g/mol. The second-order valence-electron chi connectivity index (χ2n) is 13.3. The van der Waals surface area contributed by atoms with E-state index in [9.17, 15) is 19.5 Å². The van der Waals surface area contributed by atoms with Gasteiger partial charge >= 0.3 is 18.2 Å². The molecule has 1 saturated carbocycles. The number of methoxy groups -OCH3 is 1. The molecular formula is C29H48N2O8. The zero-order valence-corrected chi connectivity index (χ0v) is 25.2. The molecule has 4 atom stereocenters. The molecule has 0 radical (unpaired) electrons. The molecule has 1 aliphatic carbocycles. The van der Waals surface area contributed by atoms with Crippen LogP contribution >= 0.6 is 0 Å². The van der Waals surface area contributed by atoms with Crippen LogP contribution in [0.2, 0.25) is 0 Å². The molecule has 39 heavy (non-hydrogen) atoms. The van der Waals surface area contributed by atoms with Gasteiger partial charge in [-0.1, -0.05) is 18.1 Å². The molecule has 0 aromatic carbocycles. The van der Waals surface area contributed by atoms with E-state index in [-0.39, 0.29) is 13.0 Å². The molecule has 3 rings (SSSR count). The lowest BCUT2D eigenvalue weighted by atomic mass is 9.83. The van der Waals surface area contributed by atoms with Crippen LogP contribution in [0.4, 0.5) is 9.59 Å². The van der Waals surface area contributed by atoms with E-state index in [0.29, 0.717) is 19.3 Å². The fraction of sp³-hybridized carbons (Fsp3) is 0.828. The Labute approximate surface area is 233 Å². The number of aliphatic hydroxyl groups excluding tert-OH is 1. The molecule has 2 heterocycles. The number of ether oxygens (including phenoxy) is 4. The minimum atomic E-state index is -1.80. The summed E-state index contributed by atoms with van der Waals surface area (Å²) in [5, 5.41) is 12.2. The third kappa shape index (κ3) is 6.37. The minimum absolute atomic E-state index is 0.00533. The third-order valence-corrected chi connectivity index (χ3v) is 7.61. The van der Waals surface area contributed by atoms with Crippen LogP contribution in [0.15, 0.2) is 11.6 Å². The first-order valence-electron chi connectivity index (χ1n) is 14.1.